The molecule has 0 unspecified atom stereocenters. The van der Waals surface area contributed by atoms with Crippen LogP contribution in [0.2, 0.25) is 0 Å². The van der Waals surface area contributed by atoms with Crippen LogP contribution in [0.1, 0.15) is 68.0 Å². The second kappa shape index (κ2) is 14.9. The first kappa shape index (κ1) is 32.4. The van der Waals surface area contributed by atoms with Gasteiger partial charge in [0.1, 0.15) is 0 Å². The number of rotatable bonds is 2. The van der Waals surface area contributed by atoms with E-state index in [-0.39, 0.29) is 24.8 Å². The van der Waals surface area contributed by atoms with E-state index in [4.69, 9.17) is 0 Å². The van der Waals surface area contributed by atoms with Gasteiger partial charge in [0.15, 0.2) is 0 Å². The van der Waals surface area contributed by atoms with Gasteiger partial charge in [0.2, 0.25) is 0 Å². The fraction of sp³-hybridized carbons (Fsp3) is 0.273. The minimum Gasteiger partial charge on any atom is -1.00 e. The first-order chi connectivity index (χ1) is 16.2. The van der Waals surface area contributed by atoms with Gasteiger partial charge in [0.25, 0.3) is 0 Å². The van der Waals surface area contributed by atoms with Crippen molar-refractivity contribution in [3.8, 4) is 11.1 Å². The van der Waals surface area contributed by atoms with Crippen molar-refractivity contribution in [2.45, 2.75) is 59.8 Å². The monoisotopic (exact) mass is 592 g/mol. The van der Waals surface area contributed by atoms with Gasteiger partial charge in [-0.05, 0) is 6.42 Å². The zero-order valence-corrected chi connectivity index (χ0v) is 26.2. The number of hydrogen-bond acceptors (Lipinski definition) is 0. The Hall–Kier alpha value is -1.66. The molecule has 36 heavy (non-hydrogen) atoms. The first-order valence-corrected chi connectivity index (χ1v) is 13.4. The molecule has 0 spiro atoms. The number of aryl methyl sites for hydroxylation is 2. The third kappa shape index (κ3) is 8.73. The van der Waals surface area contributed by atoms with Gasteiger partial charge in [-0.2, -0.15) is 52.6 Å². The summed E-state index contributed by atoms with van der Waals surface area (Å²) in [6.07, 6.45) is 2.20. The largest absolute Gasteiger partial charge is 1.00 e. The average Bonchev–Trinajstić information content (AvgIpc) is 3.41. The quantitative estimate of drug-likeness (QED) is 0.276. The van der Waals surface area contributed by atoms with Crippen LogP contribution in [0.5, 0.6) is 0 Å². The van der Waals surface area contributed by atoms with E-state index in [0.717, 1.165) is 12.8 Å². The molecule has 3 heteroatoms. The second-order valence-corrected chi connectivity index (χ2v) is 11.8. The summed E-state index contributed by atoms with van der Waals surface area (Å²) in [4.78, 5) is 0. The number of halogens is 2. The van der Waals surface area contributed by atoms with Crippen LogP contribution < -0.4 is 24.8 Å². The standard InChI is InChI=1S/C13H9.C12H19.C8H8.2ClH.Zr/c1-3-7-12-10(5-1)9-11-6-2-4-8-13(11)12;1-6-10-7-9(2)8-11(10)12(3,4)5;1-2-8-6-4-3-5-7-8;;;/h1-5,7-8H,9H2;7-8H,6H2,1-5H3;3-7H,1H3;2*1H;/q2*-1;;;;+2/p-2. The Morgan fingerprint density at radius 2 is 1.53 bits per heavy atom. The summed E-state index contributed by atoms with van der Waals surface area (Å²) in [5, 5.41) is 0. The van der Waals surface area contributed by atoms with E-state index in [1.165, 1.54) is 71.9 Å². The Bertz CT molecular complexity index is 1190. The summed E-state index contributed by atoms with van der Waals surface area (Å²) in [5.74, 6) is 0. The molecule has 0 saturated heterocycles. The molecule has 0 aliphatic heterocycles. The van der Waals surface area contributed by atoms with E-state index in [2.05, 4.69) is 120 Å². The van der Waals surface area contributed by atoms with Gasteiger partial charge >= 0.3 is 70.3 Å². The minimum absolute atomic E-state index is 0. The van der Waals surface area contributed by atoms with Crippen LogP contribution in [0, 0.1) is 13.0 Å². The molecule has 0 fully saturated rings. The van der Waals surface area contributed by atoms with Gasteiger partial charge < -0.3 is 24.8 Å². The molecule has 188 valence electrons. The molecular formula is C33H36Cl2Zr-2. The minimum atomic E-state index is 0. The van der Waals surface area contributed by atoms with Gasteiger partial charge in [-0.1, -0.05) is 81.8 Å². The molecule has 0 amide bonds. The maximum Gasteiger partial charge on any atom is -0.0253 e. The van der Waals surface area contributed by atoms with Crippen LogP contribution in [0.3, 0.4) is 0 Å². The van der Waals surface area contributed by atoms with Gasteiger partial charge in [-0.25, -0.2) is 6.07 Å². The van der Waals surface area contributed by atoms with E-state index in [1.807, 2.05) is 12.1 Å². The topological polar surface area (TPSA) is 0 Å². The predicted molar refractivity (Wildman–Crippen MR) is 145 cm³/mol. The van der Waals surface area contributed by atoms with Crippen molar-refractivity contribution in [3.63, 3.8) is 0 Å². The molecule has 0 heterocycles. The molecule has 0 aromatic heterocycles. The van der Waals surface area contributed by atoms with E-state index in [1.54, 1.807) is 0 Å². The summed E-state index contributed by atoms with van der Waals surface area (Å²) in [7, 11) is 0. The number of fused-ring (bicyclic) bond motifs is 3. The molecule has 0 saturated carbocycles. The molecule has 0 atom stereocenters. The van der Waals surface area contributed by atoms with Crippen molar-refractivity contribution in [2.75, 3.05) is 0 Å². The van der Waals surface area contributed by atoms with Crippen LogP contribution in [0.25, 0.3) is 11.1 Å². The van der Waals surface area contributed by atoms with Crippen molar-refractivity contribution < 1.29 is 49.0 Å². The van der Waals surface area contributed by atoms with Crippen molar-refractivity contribution in [3.05, 3.63) is 124 Å². The maximum atomic E-state index is 3.30. The van der Waals surface area contributed by atoms with Crippen LogP contribution in [0.15, 0.2) is 84.9 Å². The van der Waals surface area contributed by atoms with Crippen molar-refractivity contribution in [1.82, 2.24) is 0 Å². The molecule has 5 rings (SSSR count). The molecule has 4 aromatic rings. The zero-order valence-electron chi connectivity index (χ0n) is 22.3. The third-order valence-corrected chi connectivity index (χ3v) is 6.84. The fourth-order valence-corrected chi connectivity index (χ4v) is 4.80. The van der Waals surface area contributed by atoms with Crippen molar-refractivity contribution in [2.24, 2.45) is 0 Å². The summed E-state index contributed by atoms with van der Waals surface area (Å²) < 4.78 is 1.46. The van der Waals surface area contributed by atoms with E-state index >= 15 is 0 Å². The van der Waals surface area contributed by atoms with Crippen molar-refractivity contribution in [1.29, 1.82) is 0 Å². The second-order valence-electron chi connectivity index (χ2n) is 9.96. The normalized spacial score (nSPS) is 10.8. The van der Waals surface area contributed by atoms with Crippen LogP contribution >= 0.6 is 0 Å². The zero-order chi connectivity index (χ0) is 24.7. The molecule has 0 bridgehead atoms. The molecule has 0 radical (unpaired) electrons. The smallest absolute Gasteiger partial charge is 0.0253 e. The summed E-state index contributed by atoms with van der Waals surface area (Å²) >= 11 is 1.51. The van der Waals surface area contributed by atoms with E-state index in [0.29, 0.717) is 5.41 Å². The van der Waals surface area contributed by atoms with Crippen molar-refractivity contribution >= 4 is 3.21 Å². The van der Waals surface area contributed by atoms with E-state index < -0.39 is 0 Å². The number of benzene rings is 3. The molecule has 0 N–H and O–H groups in total. The molecular weight excluding hydrogens is 558 g/mol. The molecule has 4 aromatic carbocycles. The SMILES string of the molecule is CCc1[cH-]c(C)cc1C(C)(C)C.C[C](=[Zr+2])c1ccccc1.[Cl-].[Cl-].[c-]1cccc2c1Cc1ccccc1-2. The molecule has 1 aliphatic rings. The van der Waals surface area contributed by atoms with Crippen LogP contribution in [0.4, 0.5) is 0 Å². The maximum absolute atomic E-state index is 3.30. The summed E-state index contributed by atoms with van der Waals surface area (Å²) in [5.41, 5.74) is 11.6. The fourth-order valence-electron chi connectivity index (χ4n) is 4.39. The van der Waals surface area contributed by atoms with Gasteiger partial charge in [-0.15, -0.1) is 5.56 Å². The number of hydrogen-bond donors (Lipinski definition) is 0. The van der Waals surface area contributed by atoms with E-state index in [9.17, 15) is 0 Å². The molecule has 0 nitrogen and oxygen atoms in total. The van der Waals surface area contributed by atoms with Crippen LogP contribution in [-0.2, 0) is 42.5 Å². The Morgan fingerprint density at radius 3 is 2.08 bits per heavy atom. The first-order valence-electron chi connectivity index (χ1n) is 12.2. The predicted octanol–water partition coefficient (Wildman–Crippen LogP) is 2.41. The Labute approximate surface area is 246 Å². The Morgan fingerprint density at radius 1 is 0.917 bits per heavy atom. The van der Waals surface area contributed by atoms with Gasteiger partial charge in [0, 0.05) is 0 Å². The Kier molecular flexibility index (Phi) is 13.4. The summed E-state index contributed by atoms with van der Waals surface area (Å²) in [6, 6.07) is 33.2. The molecule has 1 aliphatic carbocycles. The van der Waals surface area contributed by atoms with Gasteiger partial charge in [-0.3, -0.25) is 0 Å². The Balaban J connectivity index is 0.000000267. The third-order valence-electron chi connectivity index (χ3n) is 6.13. The average molecular weight is 595 g/mol. The summed E-state index contributed by atoms with van der Waals surface area (Å²) in [6.45, 7) is 13.4. The van der Waals surface area contributed by atoms with Gasteiger partial charge in [0.05, 0.1) is 0 Å². The van der Waals surface area contributed by atoms with Crippen LogP contribution in [-0.4, -0.2) is 3.21 Å².